The van der Waals surface area contributed by atoms with Crippen LogP contribution in [0.3, 0.4) is 0 Å². The molecule has 0 saturated carbocycles. The summed E-state index contributed by atoms with van der Waals surface area (Å²) in [7, 11) is 0. The Bertz CT molecular complexity index is 385. The lowest BCUT2D eigenvalue weighted by atomic mass is 10.3. The molecule has 0 spiro atoms. The lowest BCUT2D eigenvalue weighted by Gasteiger charge is -2.08. The van der Waals surface area contributed by atoms with Crippen LogP contribution in [0.15, 0.2) is 28.7 Å². The zero-order chi connectivity index (χ0) is 13.9. The molecule has 0 bridgehead atoms. The molecule has 1 rings (SSSR count). The lowest BCUT2D eigenvalue weighted by molar-refractivity contribution is -0.121. The predicted molar refractivity (Wildman–Crippen MR) is 78.4 cm³/mol. The highest BCUT2D eigenvalue weighted by molar-refractivity contribution is 9.10. The van der Waals surface area contributed by atoms with Crippen LogP contribution in [0.25, 0.3) is 0 Å². The smallest absolute Gasteiger partial charge is 0.220 e. The maximum atomic E-state index is 11.5. The van der Waals surface area contributed by atoms with E-state index in [1.165, 1.54) is 0 Å². The van der Waals surface area contributed by atoms with Crippen molar-refractivity contribution in [3.05, 3.63) is 28.7 Å². The van der Waals surface area contributed by atoms with Crippen molar-refractivity contribution >= 4 is 21.8 Å². The molecule has 19 heavy (non-hydrogen) atoms. The van der Waals surface area contributed by atoms with Gasteiger partial charge < -0.3 is 14.8 Å². The summed E-state index contributed by atoms with van der Waals surface area (Å²) in [6.45, 7) is 4.27. The number of rotatable bonds is 9. The molecule has 0 saturated heterocycles. The second-order valence-electron chi connectivity index (χ2n) is 3.93. The van der Waals surface area contributed by atoms with E-state index in [0.29, 0.717) is 39.2 Å². The van der Waals surface area contributed by atoms with Gasteiger partial charge in [0.05, 0.1) is 17.7 Å². The van der Waals surface area contributed by atoms with Gasteiger partial charge in [-0.2, -0.15) is 0 Å². The molecule has 4 nitrogen and oxygen atoms in total. The van der Waals surface area contributed by atoms with Crippen molar-refractivity contribution < 1.29 is 14.3 Å². The Morgan fingerprint density at radius 2 is 2.11 bits per heavy atom. The summed E-state index contributed by atoms with van der Waals surface area (Å²) < 4.78 is 11.6. The van der Waals surface area contributed by atoms with E-state index < -0.39 is 0 Å². The summed E-state index contributed by atoms with van der Waals surface area (Å²) in [6.07, 6.45) is 1.17. The number of hydrogen-bond donors (Lipinski definition) is 1. The van der Waals surface area contributed by atoms with Crippen molar-refractivity contribution in [2.24, 2.45) is 0 Å². The topological polar surface area (TPSA) is 47.6 Å². The van der Waals surface area contributed by atoms with Crippen LogP contribution in [0.4, 0.5) is 0 Å². The molecule has 0 aromatic heterocycles. The maximum absolute atomic E-state index is 11.5. The van der Waals surface area contributed by atoms with Gasteiger partial charge in [0, 0.05) is 19.6 Å². The Hall–Kier alpha value is -1.07. The molecule has 0 atom stereocenters. The third kappa shape index (κ3) is 7.18. The van der Waals surface area contributed by atoms with E-state index in [4.69, 9.17) is 9.47 Å². The molecule has 0 aliphatic heterocycles. The van der Waals surface area contributed by atoms with Crippen LogP contribution in [-0.4, -0.2) is 32.3 Å². The third-order valence-corrected chi connectivity index (χ3v) is 3.07. The average Bonchev–Trinajstić information content (AvgIpc) is 2.41. The van der Waals surface area contributed by atoms with Gasteiger partial charge in [0.1, 0.15) is 5.75 Å². The Morgan fingerprint density at radius 3 is 2.84 bits per heavy atom. The number of benzene rings is 1. The van der Waals surface area contributed by atoms with Crippen molar-refractivity contribution in [3.63, 3.8) is 0 Å². The quantitative estimate of drug-likeness (QED) is 0.708. The van der Waals surface area contributed by atoms with Gasteiger partial charge in [0.25, 0.3) is 0 Å². The minimum Gasteiger partial charge on any atom is -0.492 e. The van der Waals surface area contributed by atoms with Crippen LogP contribution in [0.2, 0.25) is 0 Å². The molecule has 1 aromatic carbocycles. The summed E-state index contributed by atoms with van der Waals surface area (Å²) in [5.41, 5.74) is 0. The molecular weight excluding hydrogens is 310 g/mol. The van der Waals surface area contributed by atoms with E-state index in [1.807, 2.05) is 31.2 Å². The van der Waals surface area contributed by atoms with E-state index in [1.54, 1.807) is 0 Å². The van der Waals surface area contributed by atoms with E-state index >= 15 is 0 Å². The minimum absolute atomic E-state index is 0.0374. The fourth-order valence-corrected chi connectivity index (χ4v) is 1.87. The Labute approximate surface area is 122 Å². The number of carbonyl (C=O) groups is 1. The number of hydrogen-bond acceptors (Lipinski definition) is 3. The number of carbonyl (C=O) groups excluding carboxylic acids is 1. The number of halogens is 1. The van der Waals surface area contributed by atoms with Gasteiger partial charge >= 0.3 is 0 Å². The van der Waals surface area contributed by atoms with Crippen molar-refractivity contribution in [1.29, 1.82) is 0 Å². The standard InChI is InChI=1S/C14H20BrNO3/c1-2-18-11-9-16-14(17)8-5-10-19-13-7-4-3-6-12(13)15/h3-4,6-7H,2,5,8-11H2,1H3,(H,16,17). The van der Waals surface area contributed by atoms with Gasteiger partial charge in [-0.05, 0) is 41.4 Å². The first kappa shape index (κ1) is 16.0. The van der Waals surface area contributed by atoms with Crippen molar-refractivity contribution in [3.8, 4) is 5.75 Å². The van der Waals surface area contributed by atoms with E-state index in [-0.39, 0.29) is 5.91 Å². The molecular formula is C14H20BrNO3. The zero-order valence-corrected chi connectivity index (χ0v) is 12.7. The summed E-state index contributed by atoms with van der Waals surface area (Å²) in [5, 5.41) is 2.80. The fraction of sp³-hybridized carbons (Fsp3) is 0.500. The van der Waals surface area contributed by atoms with Gasteiger partial charge in [0.2, 0.25) is 5.91 Å². The first-order valence-electron chi connectivity index (χ1n) is 6.45. The second kappa shape index (κ2) is 9.81. The largest absolute Gasteiger partial charge is 0.492 e. The number of ether oxygens (including phenoxy) is 2. The highest BCUT2D eigenvalue weighted by Crippen LogP contribution is 2.23. The summed E-state index contributed by atoms with van der Waals surface area (Å²) >= 11 is 3.41. The highest BCUT2D eigenvalue weighted by Gasteiger charge is 2.02. The molecule has 1 aromatic rings. The maximum Gasteiger partial charge on any atom is 0.220 e. The van der Waals surface area contributed by atoms with Crippen LogP contribution in [-0.2, 0) is 9.53 Å². The first-order chi connectivity index (χ1) is 9.24. The summed E-state index contributed by atoms with van der Waals surface area (Å²) in [4.78, 5) is 11.5. The van der Waals surface area contributed by atoms with Crippen LogP contribution < -0.4 is 10.1 Å². The molecule has 0 unspecified atom stereocenters. The monoisotopic (exact) mass is 329 g/mol. The van der Waals surface area contributed by atoms with Crippen molar-refractivity contribution in [1.82, 2.24) is 5.32 Å². The summed E-state index contributed by atoms with van der Waals surface area (Å²) in [6, 6.07) is 7.67. The molecule has 1 amide bonds. The molecule has 0 heterocycles. The van der Waals surface area contributed by atoms with Gasteiger partial charge in [0.15, 0.2) is 0 Å². The van der Waals surface area contributed by atoms with Gasteiger partial charge in [-0.3, -0.25) is 4.79 Å². The minimum atomic E-state index is 0.0374. The Morgan fingerprint density at radius 1 is 1.32 bits per heavy atom. The van der Waals surface area contributed by atoms with Crippen LogP contribution in [0, 0.1) is 0 Å². The highest BCUT2D eigenvalue weighted by atomic mass is 79.9. The van der Waals surface area contributed by atoms with Crippen LogP contribution in [0.5, 0.6) is 5.75 Å². The van der Waals surface area contributed by atoms with E-state index in [9.17, 15) is 4.79 Å². The Kier molecular flexibility index (Phi) is 8.25. The number of nitrogens with one attached hydrogen (secondary N) is 1. The van der Waals surface area contributed by atoms with Crippen LogP contribution >= 0.6 is 15.9 Å². The van der Waals surface area contributed by atoms with E-state index in [2.05, 4.69) is 21.2 Å². The SMILES string of the molecule is CCOCCNC(=O)CCCOc1ccccc1Br. The third-order valence-electron chi connectivity index (χ3n) is 2.42. The fourth-order valence-electron chi connectivity index (χ4n) is 1.47. The van der Waals surface area contributed by atoms with Gasteiger partial charge in [-0.25, -0.2) is 0 Å². The predicted octanol–water partition coefficient (Wildman–Crippen LogP) is 2.76. The number of para-hydroxylation sites is 1. The van der Waals surface area contributed by atoms with E-state index in [0.717, 1.165) is 10.2 Å². The molecule has 0 fully saturated rings. The van der Waals surface area contributed by atoms with Gasteiger partial charge in [-0.1, -0.05) is 12.1 Å². The average molecular weight is 330 g/mol. The molecule has 106 valence electrons. The molecule has 5 heteroatoms. The molecule has 0 radical (unpaired) electrons. The Balaban J connectivity index is 2.07. The van der Waals surface area contributed by atoms with Gasteiger partial charge in [-0.15, -0.1) is 0 Å². The second-order valence-corrected chi connectivity index (χ2v) is 4.78. The zero-order valence-electron chi connectivity index (χ0n) is 11.2. The lowest BCUT2D eigenvalue weighted by Crippen LogP contribution is -2.27. The molecule has 1 N–H and O–H groups in total. The number of amides is 1. The van der Waals surface area contributed by atoms with Crippen molar-refractivity contribution in [2.45, 2.75) is 19.8 Å². The van der Waals surface area contributed by atoms with Crippen LogP contribution in [0.1, 0.15) is 19.8 Å². The van der Waals surface area contributed by atoms with Crippen molar-refractivity contribution in [2.75, 3.05) is 26.4 Å². The normalized spacial score (nSPS) is 10.2. The molecule has 0 aliphatic rings. The summed E-state index contributed by atoms with van der Waals surface area (Å²) in [5.74, 6) is 0.842. The molecule has 0 aliphatic carbocycles. The first-order valence-corrected chi connectivity index (χ1v) is 7.25.